The predicted molar refractivity (Wildman–Crippen MR) is 89.4 cm³/mol. The molecule has 0 radical (unpaired) electrons. The molecule has 7 heteroatoms. The molecule has 0 aliphatic heterocycles. The van der Waals surface area contributed by atoms with Crippen molar-refractivity contribution in [3.8, 4) is 11.3 Å². The summed E-state index contributed by atoms with van der Waals surface area (Å²) in [7, 11) is 0. The van der Waals surface area contributed by atoms with Crippen LogP contribution in [0.2, 0.25) is 5.02 Å². The Hall–Kier alpha value is -3.12. The maximum absolute atomic E-state index is 12.2. The summed E-state index contributed by atoms with van der Waals surface area (Å²) in [5.41, 5.74) is 0.280. The highest BCUT2D eigenvalue weighted by Gasteiger charge is 2.22. The van der Waals surface area contributed by atoms with Crippen LogP contribution in [0.5, 0.6) is 0 Å². The van der Waals surface area contributed by atoms with Crippen molar-refractivity contribution in [1.82, 2.24) is 0 Å². The van der Waals surface area contributed by atoms with Gasteiger partial charge in [-0.3, -0.25) is 10.1 Å². The van der Waals surface area contributed by atoms with Gasteiger partial charge in [-0.15, -0.1) is 0 Å². The van der Waals surface area contributed by atoms with E-state index in [2.05, 4.69) is 0 Å². The third-order valence-corrected chi connectivity index (χ3v) is 4.07. The molecule has 6 nitrogen and oxygen atoms in total. The Labute approximate surface area is 139 Å². The van der Waals surface area contributed by atoms with Gasteiger partial charge in [0.1, 0.15) is 16.0 Å². The van der Waals surface area contributed by atoms with E-state index >= 15 is 0 Å². The summed E-state index contributed by atoms with van der Waals surface area (Å²) in [4.78, 5) is 22.7. The topological polar surface area (TPSA) is 86.5 Å². The standard InChI is InChI=1S/C17H8ClNO5/c18-14-13-16(24-15(14)9-4-2-1-3-5-9)11-8-10(19(21)22)6-7-12(11)23-17(13)20/h1-8H. The van der Waals surface area contributed by atoms with Crippen molar-refractivity contribution in [3.05, 3.63) is 74.1 Å². The van der Waals surface area contributed by atoms with E-state index in [1.807, 2.05) is 18.2 Å². The van der Waals surface area contributed by atoms with Crippen LogP contribution in [0.15, 0.2) is 62.2 Å². The van der Waals surface area contributed by atoms with Crippen LogP contribution in [0.4, 0.5) is 5.69 Å². The van der Waals surface area contributed by atoms with Crippen LogP contribution in [0.1, 0.15) is 0 Å². The zero-order chi connectivity index (χ0) is 16.8. The van der Waals surface area contributed by atoms with Gasteiger partial charge in [0.2, 0.25) is 0 Å². The Balaban J connectivity index is 2.14. The molecule has 0 amide bonds. The van der Waals surface area contributed by atoms with Gasteiger partial charge < -0.3 is 8.83 Å². The Bertz CT molecular complexity index is 1160. The van der Waals surface area contributed by atoms with E-state index in [4.69, 9.17) is 20.4 Å². The molecule has 2 heterocycles. The third-order valence-electron chi connectivity index (χ3n) is 3.71. The summed E-state index contributed by atoms with van der Waals surface area (Å²) in [5.74, 6) is 0.318. The maximum atomic E-state index is 12.2. The predicted octanol–water partition coefficient (Wildman–Crippen LogP) is 4.77. The zero-order valence-electron chi connectivity index (χ0n) is 12.0. The van der Waals surface area contributed by atoms with Crippen LogP contribution >= 0.6 is 11.6 Å². The summed E-state index contributed by atoms with van der Waals surface area (Å²) < 4.78 is 11.0. The molecule has 4 aromatic rings. The Morgan fingerprint density at radius 3 is 2.50 bits per heavy atom. The van der Waals surface area contributed by atoms with Gasteiger partial charge in [-0.25, -0.2) is 4.79 Å². The average molecular weight is 342 g/mol. The summed E-state index contributed by atoms with van der Waals surface area (Å²) in [6, 6.07) is 13.0. The zero-order valence-corrected chi connectivity index (χ0v) is 12.7. The second-order valence-electron chi connectivity index (χ2n) is 5.14. The third kappa shape index (κ3) is 2.08. The molecule has 24 heavy (non-hydrogen) atoms. The first-order valence-corrected chi connectivity index (χ1v) is 7.33. The van der Waals surface area contributed by atoms with Crippen molar-refractivity contribution in [2.75, 3.05) is 0 Å². The van der Waals surface area contributed by atoms with E-state index in [0.717, 1.165) is 0 Å². The van der Waals surface area contributed by atoms with E-state index < -0.39 is 10.5 Å². The molecule has 0 bridgehead atoms. The molecule has 0 spiro atoms. The highest BCUT2D eigenvalue weighted by molar-refractivity contribution is 6.38. The summed E-state index contributed by atoms with van der Waals surface area (Å²) in [5, 5.41) is 11.5. The fourth-order valence-corrected chi connectivity index (χ4v) is 2.92. The van der Waals surface area contributed by atoms with Crippen molar-refractivity contribution >= 4 is 39.2 Å². The summed E-state index contributed by atoms with van der Waals surface area (Å²) in [6.45, 7) is 0. The number of nitro benzene ring substituents is 1. The lowest BCUT2D eigenvalue weighted by atomic mass is 10.1. The smallest absolute Gasteiger partial charge is 0.349 e. The van der Waals surface area contributed by atoms with E-state index in [1.165, 1.54) is 18.2 Å². The van der Waals surface area contributed by atoms with E-state index in [-0.39, 0.29) is 27.3 Å². The fraction of sp³-hybridized carbons (Fsp3) is 0. The molecule has 4 rings (SSSR count). The van der Waals surface area contributed by atoms with Gasteiger partial charge in [0.05, 0.1) is 10.3 Å². The van der Waals surface area contributed by atoms with Gasteiger partial charge in [-0.1, -0.05) is 41.9 Å². The Kier molecular flexibility index (Phi) is 3.14. The number of nitro groups is 1. The van der Waals surface area contributed by atoms with E-state index in [9.17, 15) is 14.9 Å². The van der Waals surface area contributed by atoms with Crippen molar-refractivity contribution in [2.45, 2.75) is 0 Å². The molecule has 0 saturated carbocycles. The molecular formula is C17H8ClNO5. The summed E-state index contributed by atoms with van der Waals surface area (Å²) in [6.07, 6.45) is 0. The van der Waals surface area contributed by atoms with Crippen molar-refractivity contribution in [2.24, 2.45) is 0 Å². The molecule has 0 aliphatic rings. The second-order valence-corrected chi connectivity index (χ2v) is 5.52. The lowest BCUT2D eigenvalue weighted by Gasteiger charge is -1.97. The molecule has 118 valence electrons. The number of rotatable bonds is 2. The SMILES string of the molecule is O=c1oc2ccc([N+](=O)[O-])cc2c2oc(-c3ccccc3)c(Cl)c12. The molecule has 2 aromatic heterocycles. The number of furan rings is 1. The van der Waals surface area contributed by atoms with Crippen LogP contribution in [-0.2, 0) is 0 Å². The van der Waals surface area contributed by atoms with Crippen LogP contribution < -0.4 is 5.63 Å². The molecule has 0 fully saturated rings. The average Bonchev–Trinajstić information content (AvgIpc) is 2.94. The van der Waals surface area contributed by atoms with Gasteiger partial charge in [-0.05, 0) is 6.07 Å². The van der Waals surface area contributed by atoms with E-state index in [1.54, 1.807) is 12.1 Å². The Morgan fingerprint density at radius 2 is 1.79 bits per heavy atom. The van der Waals surface area contributed by atoms with Crippen LogP contribution in [0.25, 0.3) is 33.3 Å². The highest BCUT2D eigenvalue weighted by atomic mass is 35.5. The minimum absolute atomic E-state index is 0.0727. The molecular weight excluding hydrogens is 334 g/mol. The quantitative estimate of drug-likeness (QED) is 0.298. The highest BCUT2D eigenvalue weighted by Crippen LogP contribution is 2.39. The number of nitrogens with zero attached hydrogens (tertiary/aromatic N) is 1. The van der Waals surface area contributed by atoms with Gasteiger partial charge >= 0.3 is 5.63 Å². The fourth-order valence-electron chi connectivity index (χ4n) is 2.61. The molecule has 0 N–H and O–H groups in total. The van der Waals surface area contributed by atoms with Gasteiger partial charge in [0.25, 0.3) is 5.69 Å². The van der Waals surface area contributed by atoms with Crippen molar-refractivity contribution in [3.63, 3.8) is 0 Å². The van der Waals surface area contributed by atoms with Crippen LogP contribution in [-0.4, -0.2) is 4.92 Å². The first kappa shape index (κ1) is 14.5. The Morgan fingerprint density at radius 1 is 1.04 bits per heavy atom. The maximum Gasteiger partial charge on any atom is 0.349 e. The number of benzene rings is 2. The number of hydrogen-bond donors (Lipinski definition) is 0. The minimum atomic E-state index is -0.651. The number of fused-ring (bicyclic) bond motifs is 3. The van der Waals surface area contributed by atoms with Gasteiger partial charge in [0.15, 0.2) is 11.3 Å². The molecule has 0 atom stereocenters. The van der Waals surface area contributed by atoms with Gasteiger partial charge in [-0.2, -0.15) is 0 Å². The molecule has 0 saturated heterocycles. The largest absolute Gasteiger partial charge is 0.453 e. The van der Waals surface area contributed by atoms with Crippen molar-refractivity contribution < 1.29 is 13.8 Å². The van der Waals surface area contributed by atoms with Gasteiger partial charge in [0, 0.05) is 17.7 Å². The van der Waals surface area contributed by atoms with Crippen LogP contribution in [0.3, 0.4) is 0 Å². The molecule has 0 aliphatic carbocycles. The first-order chi connectivity index (χ1) is 11.6. The normalized spacial score (nSPS) is 11.2. The van der Waals surface area contributed by atoms with E-state index in [0.29, 0.717) is 16.7 Å². The van der Waals surface area contributed by atoms with Crippen LogP contribution in [0, 0.1) is 10.1 Å². The lowest BCUT2D eigenvalue weighted by Crippen LogP contribution is -1.98. The number of halogens is 1. The first-order valence-electron chi connectivity index (χ1n) is 6.95. The van der Waals surface area contributed by atoms with Crippen molar-refractivity contribution in [1.29, 1.82) is 0 Å². The monoisotopic (exact) mass is 341 g/mol. The molecule has 0 unspecified atom stereocenters. The lowest BCUT2D eigenvalue weighted by molar-refractivity contribution is -0.384. The molecule has 2 aromatic carbocycles. The number of hydrogen-bond acceptors (Lipinski definition) is 5. The number of non-ortho nitro benzene ring substituents is 1. The second kappa shape index (κ2) is 5.21. The summed E-state index contributed by atoms with van der Waals surface area (Å²) >= 11 is 6.31. The minimum Gasteiger partial charge on any atom is -0.453 e.